The summed E-state index contributed by atoms with van der Waals surface area (Å²) in [6, 6.07) is 0. The van der Waals surface area contributed by atoms with Crippen LogP contribution in [0.5, 0.6) is 0 Å². The van der Waals surface area contributed by atoms with Crippen LogP contribution in [0, 0.1) is 28.6 Å². The second-order valence-corrected chi connectivity index (χ2v) is 9.63. The van der Waals surface area contributed by atoms with Gasteiger partial charge in [0.15, 0.2) is 0 Å². The van der Waals surface area contributed by atoms with Crippen molar-refractivity contribution in [3.05, 3.63) is 0 Å². The van der Waals surface area contributed by atoms with Crippen molar-refractivity contribution in [2.24, 2.45) is 28.6 Å². The molecule has 2 N–H and O–H groups in total. The number of carboxylic acid groups (broad SMARTS) is 1. The van der Waals surface area contributed by atoms with Gasteiger partial charge in [0.1, 0.15) is 0 Å². The molecule has 2 fully saturated rings. The normalized spacial score (nSPS) is 41.1. The predicted octanol–water partition coefficient (Wildman–Crippen LogP) is 4.87. The molecule has 2 rings (SSSR count). The summed E-state index contributed by atoms with van der Waals surface area (Å²) in [5.74, 6) is 0.424. The Kier molecular flexibility index (Phi) is 5.21. The molecule has 0 aliphatic heterocycles. The van der Waals surface area contributed by atoms with Gasteiger partial charge < -0.3 is 10.2 Å². The Labute approximate surface area is 141 Å². The number of hydrogen-bond acceptors (Lipinski definition) is 2. The quantitative estimate of drug-likeness (QED) is 0.758. The highest BCUT2D eigenvalue weighted by atomic mass is 16.4. The third-order valence-corrected chi connectivity index (χ3v) is 7.23. The van der Waals surface area contributed by atoms with Crippen LogP contribution in [0.2, 0.25) is 0 Å². The van der Waals surface area contributed by atoms with Crippen LogP contribution in [0.25, 0.3) is 0 Å². The maximum Gasteiger partial charge on any atom is 0.303 e. The average Bonchev–Trinajstić information content (AvgIpc) is 2.34. The molecule has 2 saturated carbocycles. The van der Waals surface area contributed by atoms with Crippen molar-refractivity contribution >= 4 is 5.97 Å². The van der Waals surface area contributed by atoms with E-state index in [-0.39, 0.29) is 23.7 Å². The molecule has 0 bridgehead atoms. The van der Waals surface area contributed by atoms with E-state index in [2.05, 4.69) is 20.8 Å². The lowest BCUT2D eigenvalue weighted by molar-refractivity contribution is -0.170. The van der Waals surface area contributed by atoms with E-state index >= 15 is 0 Å². The summed E-state index contributed by atoms with van der Waals surface area (Å²) in [7, 11) is 0. The molecule has 2 aliphatic rings. The summed E-state index contributed by atoms with van der Waals surface area (Å²) in [5.41, 5.74) is -0.0670. The first-order chi connectivity index (χ1) is 10.5. The van der Waals surface area contributed by atoms with Crippen LogP contribution in [-0.4, -0.2) is 21.8 Å². The third-order valence-electron chi connectivity index (χ3n) is 7.23. The Morgan fingerprint density at radius 1 is 1.17 bits per heavy atom. The first-order valence-corrected chi connectivity index (χ1v) is 9.43. The van der Waals surface area contributed by atoms with Crippen LogP contribution in [-0.2, 0) is 4.79 Å². The van der Waals surface area contributed by atoms with Crippen molar-refractivity contribution in [2.45, 2.75) is 91.6 Å². The largest absolute Gasteiger partial charge is 0.481 e. The highest BCUT2D eigenvalue weighted by molar-refractivity contribution is 5.66. The summed E-state index contributed by atoms with van der Waals surface area (Å²) in [4.78, 5) is 10.9. The zero-order valence-corrected chi connectivity index (χ0v) is 15.7. The number of carboxylic acids is 1. The molecule has 23 heavy (non-hydrogen) atoms. The van der Waals surface area contributed by atoms with Crippen LogP contribution in [0.1, 0.15) is 86.0 Å². The van der Waals surface area contributed by atoms with Crippen LogP contribution < -0.4 is 0 Å². The molecular formula is C20H36O3. The van der Waals surface area contributed by atoms with Crippen molar-refractivity contribution in [3.63, 3.8) is 0 Å². The van der Waals surface area contributed by atoms with Crippen molar-refractivity contribution < 1.29 is 15.0 Å². The molecule has 0 amide bonds. The van der Waals surface area contributed by atoms with Crippen LogP contribution >= 0.6 is 0 Å². The Balaban J connectivity index is 2.17. The molecule has 0 aromatic rings. The molecule has 0 spiro atoms. The zero-order valence-electron chi connectivity index (χ0n) is 15.7. The predicted molar refractivity (Wildman–Crippen MR) is 93.2 cm³/mol. The van der Waals surface area contributed by atoms with Crippen LogP contribution in [0.3, 0.4) is 0 Å². The zero-order chi connectivity index (χ0) is 17.5. The molecule has 0 heterocycles. The van der Waals surface area contributed by atoms with Gasteiger partial charge >= 0.3 is 5.97 Å². The Bertz CT molecular complexity index is 440. The minimum atomic E-state index is -0.712. The number of rotatable bonds is 5. The maximum absolute atomic E-state index is 11.1. The Morgan fingerprint density at radius 3 is 2.43 bits per heavy atom. The topological polar surface area (TPSA) is 57.5 Å². The molecule has 5 atom stereocenters. The van der Waals surface area contributed by atoms with E-state index < -0.39 is 11.6 Å². The lowest BCUT2D eigenvalue weighted by Crippen LogP contribution is -2.57. The third kappa shape index (κ3) is 3.75. The van der Waals surface area contributed by atoms with Crippen molar-refractivity contribution in [1.82, 2.24) is 0 Å². The molecule has 2 unspecified atom stereocenters. The summed E-state index contributed by atoms with van der Waals surface area (Å²) in [6.45, 7) is 11.2. The van der Waals surface area contributed by atoms with Gasteiger partial charge in [-0.25, -0.2) is 0 Å². The van der Waals surface area contributed by atoms with E-state index in [9.17, 15) is 9.90 Å². The van der Waals surface area contributed by atoms with Crippen molar-refractivity contribution in [2.75, 3.05) is 0 Å². The minimum Gasteiger partial charge on any atom is -0.481 e. The molecule has 2 aliphatic carbocycles. The standard InChI is InChI=1S/C20H36O3/c1-14(13-17(21)22)7-8-16-19(4)11-6-10-18(2,3)15(19)9-12-20(16,5)23/h14-16,23H,6-13H2,1-5H3,(H,21,22)/t14?,15-,16?,19-,20+/m0/s1. The van der Waals surface area contributed by atoms with E-state index in [1.54, 1.807) is 0 Å². The van der Waals surface area contributed by atoms with Gasteiger partial charge in [0, 0.05) is 6.42 Å². The first-order valence-electron chi connectivity index (χ1n) is 9.43. The van der Waals surface area contributed by atoms with Gasteiger partial charge in [0.05, 0.1) is 5.60 Å². The van der Waals surface area contributed by atoms with Crippen LogP contribution in [0.4, 0.5) is 0 Å². The molecule has 0 aromatic heterocycles. The van der Waals surface area contributed by atoms with Crippen LogP contribution in [0.15, 0.2) is 0 Å². The SMILES string of the molecule is CC(CCC1[C@](C)(O)CC[C@H]2C(C)(C)CCC[C@]12C)CC(=O)O. The first kappa shape index (κ1) is 18.8. The van der Waals surface area contributed by atoms with Gasteiger partial charge in [-0.3, -0.25) is 4.79 Å². The van der Waals surface area contributed by atoms with E-state index in [1.165, 1.54) is 19.3 Å². The molecule has 0 radical (unpaired) electrons. The fraction of sp³-hybridized carbons (Fsp3) is 0.950. The smallest absolute Gasteiger partial charge is 0.303 e. The molecule has 3 heteroatoms. The lowest BCUT2D eigenvalue weighted by Gasteiger charge is -2.61. The fourth-order valence-electron chi connectivity index (χ4n) is 6.12. The Morgan fingerprint density at radius 2 is 1.83 bits per heavy atom. The second kappa shape index (κ2) is 6.38. The Hall–Kier alpha value is -0.570. The number of fused-ring (bicyclic) bond motifs is 1. The monoisotopic (exact) mass is 324 g/mol. The molecule has 3 nitrogen and oxygen atoms in total. The highest BCUT2D eigenvalue weighted by Gasteiger charge is 2.57. The molecule has 0 aromatic carbocycles. The number of hydrogen-bond donors (Lipinski definition) is 2. The summed E-state index contributed by atoms with van der Waals surface area (Å²) < 4.78 is 0. The fourth-order valence-corrected chi connectivity index (χ4v) is 6.12. The number of carbonyl (C=O) groups is 1. The van der Waals surface area contributed by atoms with Gasteiger partial charge in [0.25, 0.3) is 0 Å². The molecule has 134 valence electrons. The summed E-state index contributed by atoms with van der Waals surface area (Å²) in [5, 5.41) is 20.1. The van der Waals surface area contributed by atoms with Gasteiger partial charge in [-0.2, -0.15) is 0 Å². The maximum atomic E-state index is 11.1. The van der Waals surface area contributed by atoms with Crippen molar-refractivity contribution in [3.8, 4) is 0 Å². The van der Waals surface area contributed by atoms with Gasteiger partial charge in [-0.1, -0.05) is 34.1 Å². The average molecular weight is 325 g/mol. The van der Waals surface area contributed by atoms with E-state index in [0.717, 1.165) is 25.7 Å². The van der Waals surface area contributed by atoms with E-state index in [0.29, 0.717) is 11.3 Å². The minimum absolute atomic E-state index is 0.184. The van der Waals surface area contributed by atoms with Gasteiger partial charge in [-0.15, -0.1) is 0 Å². The summed E-state index contributed by atoms with van der Waals surface area (Å²) >= 11 is 0. The van der Waals surface area contributed by atoms with Crippen molar-refractivity contribution in [1.29, 1.82) is 0 Å². The highest BCUT2D eigenvalue weighted by Crippen LogP contribution is 2.63. The second-order valence-electron chi connectivity index (χ2n) is 9.63. The van der Waals surface area contributed by atoms with Gasteiger partial charge in [0.2, 0.25) is 0 Å². The molecular weight excluding hydrogens is 288 g/mol. The molecule has 0 saturated heterocycles. The van der Waals surface area contributed by atoms with Gasteiger partial charge in [-0.05, 0) is 74.0 Å². The number of aliphatic carboxylic acids is 1. The van der Waals surface area contributed by atoms with E-state index in [1.807, 2.05) is 13.8 Å². The number of aliphatic hydroxyl groups is 1. The summed E-state index contributed by atoms with van der Waals surface area (Å²) in [6.07, 6.45) is 7.83. The lowest BCUT2D eigenvalue weighted by atomic mass is 9.45. The van der Waals surface area contributed by atoms with E-state index in [4.69, 9.17) is 5.11 Å².